The average Bonchev–Trinajstić information content (AvgIpc) is 3.62. The lowest BCUT2D eigenvalue weighted by atomic mass is 9.81. The van der Waals surface area contributed by atoms with E-state index in [9.17, 15) is 90.0 Å². The smallest absolute Gasteiger partial charge is 0.333 e. The van der Waals surface area contributed by atoms with Crippen LogP contribution in [0.2, 0.25) is 0 Å². The molecule has 1 saturated carbocycles. The Hall–Kier alpha value is -3.70. The highest BCUT2D eigenvalue weighted by Crippen LogP contribution is 2.28. The maximum atomic E-state index is 13.9. The molecule has 384 valence electrons. The number of ether oxygens (including phenoxy) is 5. The third-order valence-corrected chi connectivity index (χ3v) is 11.4. The van der Waals surface area contributed by atoms with E-state index in [4.69, 9.17) is 28.5 Å². The van der Waals surface area contributed by atoms with E-state index in [2.05, 4.69) is 16.0 Å². The van der Waals surface area contributed by atoms with Crippen molar-refractivity contribution in [2.45, 2.75) is 124 Å². The second kappa shape index (κ2) is 26.9. The summed E-state index contributed by atoms with van der Waals surface area (Å²) in [5.74, 6) is -6.14. The van der Waals surface area contributed by atoms with Crippen LogP contribution in [0, 0.1) is 5.92 Å². The topological polar surface area (TPSA) is 443 Å². The molecule has 0 radical (unpaired) electrons. The van der Waals surface area contributed by atoms with Crippen LogP contribution in [0.5, 0.6) is 0 Å². The fourth-order valence-electron chi connectivity index (χ4n) is 7.57. The Labute approximate surface area is 382 Å². The molecular weight excluding hydrogens is 910 g/mol. The summed E-state index contributed by atoms with van der Waals surface area (Å²) in [6, 6.07) is -1.57. The van der Waals surface area contributed by atoms with Crippen LogP contribution < -0.4 is 16.0 Å². The predicted octanol–water partition coefficient (Wildman–Crippen LogP) is -10.5. The molecule has 0 aromatic carbocycles. The Balaban J connectivity index is 1.46. The molecule has 5 amide bonds. The molecule has 15 N–H and O–H groups in total. The molecule has 0 aromatic heterocycles. The number of rotatable bonds is 25. The van der Waals surface area contributed by atoms with Crippen molar-refractivity contribution < 1.29 is 119 Å². The number of nitrogens with zero attached hydrogens (tertiary/aromatic N) is 2. The first kappa shape index (κ1) is 55.9. The van der Waals surface area contributed by atoms with Crippen molar-refractivity contribution in [1.82, 2.24) is 25.9 Å². The first-order valence-electron chi connectivity index (χ1n) is 21.6. The first-order valence-corrected chi connectivity index (χ1v) is 21.6. The molecule has 3 aliphatic heterocycles. The van der Waals surface area contributed by atoms with Gasteiger partial charge in [-0.05, 0) is 12.8 Å². The van der Waals surface area contributed by atoms with Gasteiger partial charge in [0, 0.05) is 51.4 Å². The zero-order valence-electron chi connectivity index (χ0n) is 36.2. The first-order chi connectivity index (χ1) is 31.8. The molecule has 3 heterocycles. The number of aliphatic hydroxyl groups excluding tert-OH is 12. The zero-order valence-corrected chi connectivity index (χ0v) is 36.2. The lowest BCUT2D eigenvalue weighted by molar-refractivity contribution is -0.300. The number of amides is 5. The summed E-state index contributed by atoms with van der Waals surface area (Å²) in [4.78, 5) is 83.8. The van der Waals surface area contributed by atoms with Crippen LogP contribution >= 0.6 is 0 Å². The summed E-state index contributed by atoms with van der Waals surface area (Å²) in [5.41, 5.74) is 0. The number of carbonyl (C=O) groups is 6. The molecule has 0 unspecified atom stereocenters. The van der Waals surface area contributed by atoms with Crippen LogP contribution in [0.15, 0.2) is 0 Å². The SMILES string of the molecule is O=C(CN(CC(=O)NCCO[C@@H]1C[C@H](CO)[C@@H](O)[C@H](O)[C@H]1O)[C@@H](CCC(=O)ON1C(=O)CCC1=O)C(=O)NCCO[C@@H]1O[C@H](CO)[C@@H](O)[C@H](O)[C@H]1O)NCCO[C@@H]1O[C@H](CO)[C@@H](O)[C@H](O)[C@H]1O. The number of nitrogens with one attached hydrogen (secondary N) is 3. The molecule has 4 rings (SSSR count). The van der Waals surface area contributed by atoms with Gasteiger partial charge in [0.2, 0.25) is 17.7 Å². The molecule has 0 spiro atoms. The largest absolute Gasteiger partial charge is 0.396 e. The minimum absolute atomic E-state index is 0.0346. The van der Waals surface area contributed by atoms with E-state index in [1.165, 1.54) is 0 Å². The van der Waals surface area contributed by atoms with Crippen LogP contribution in [0.25, 0.3) is 0 Å². The number of hydroxylamine groups is 2. The van der Waals surface area contributed by atoms with Gasteiger partial charge in [0.15, 0.2) is 12.6 Å². The maximum Gasteiger partial charge on any atom is 0.333 e. The van der Waals surface area contributed by atoms with Gasteiger partial charge >= 0.3 is 5.97 Å². The van der Waals surface area contributed by atoms with Crippen molar-refractivity contribution in [1.29, 1.82) is 0 Å². The van der Waals surface area contributed by atoms with E-state index in [1.807, 2.05) is 0 Å². The third-order valence-electron chi connectivity index (χ3n) is 11.4. The van der Waals surface area contributed by atoms with Crippen LogP contribution in [-0.2, 0) is 57.3 Å². The van der Waals surface area contributed by atoms with Gasteiger partial charge in [-0.15, -0.1) is 5.06 Å². The Bertz CT molecular complexity index is 1560. The van der Waals surface area contributed by atoms with Crippen LogP contribution in [0.3, 0.4) is 0 Å². The maximum absolute atomic E-state index is 13.9. The van der Waals surface area contributed by atoms with E-state index in [0.717, 1.165) is 4.90 Å². The molecule has 3 saturated heterocycles. The minimum Gasteiger partial charge on any atom is -0.396 e. The Morgan fingerprint density at radius 1 is 0.612 bits per heavy atom. The van der Waals surface area contributed by atoms with Gasteiger partial charge in [-0.1, -0.05) is 0 Å². The highest BCUT2D eigenvalue weighted by Gasteiger charge is 2.46. The third kappa shape index (κ3) is 15.4. The molecule has 1 aliphatic carbocycles. The van der Waals surface area contributed by atoms with Gasteiger partial charge in [-0.2, -0.15) is 0 Å². The van der Waals surface area contributed by atoms with Crippen molar-refractivity contribution in [3.8, 4) is 0 Å². The summed E-state index contributed by atoms with van der Waals surface area (Å²) in [6.45, 7) is -5.47. The van der Waals surface area contributed by atoms with E-state index in [1.54, 1.807) is 0 Å². The number of hydrogen-bond donors (Lipinski definition) is 15. The molecule has 4 fully saturated rings. The van der Waals surface area contributed by atoms with Gasteiger partial charge in [0.25, 0.3) is 11.8 Å². The van der Waals surface area contributed by atoms with E-state index in [0.29, 0.717) is 0 Å². The number of hydrogen-bond acceptors (Lipinski definition) is 25. The Morgan fingerprint density at radius 3 is 1.55 bits per heavy atom. The summed E-state index contributed by atoms with van der Waals surface area (Å²) >= 11 is 0. The molecule has 29 nitrogen and oxygen atoms in total. The van der Waals surface area contributed by atoms with Crippen molar-refractivity contribution >= 4 is 35.5 Å². The standard InChI is InChI=1S/C38H63N5O24/c44-14-17-11-19(28(53)31(56)27(17)52)62-8-5-39-22(47)12-42(13-23(48)40-6-9-63-37-34(59)32(57)29(54)20(15-45)65-37)18(1-4-26(51)67-43-24(49)2-3-25(43)50)36(61)41-7-10-64-38-35(60)33(58)30(55)21(16-46)66-38/h17-21,27-35,37-38,44-46,52-60H,1-16H2,(H,39,47)(H,40,48)(H,41,61)/t17-,18+,19-,20-,21-,27-,28+,29-,30-,31+,32+,33+,34-,35-,37-,38-/m1/s1. The fourth-order valence-corrected chi connectivity index (χ4v) is 7.57. The average molecular weight is 974 g/mol. The molecule has 16 atom stereocenters. The summed E-state index contributed by atoms with van der Waals surface area (Å²) in [7, 11) is 0. The van der Waals surface area contributed by atoms with Gasteiger partial charge < -0.3 is 106 Å². The Morgan fingerprint density at radius 2 is 1.07 bits per heavy atom. The van der Waals surface area contributed by atoms with Gasteiger partial charge in [0.1, 0.15) is 61.0 Å². The van der Waals surface area contributed by atoms with Gasteiger partial charge in [-0.25, -0.2) is 4.79 Å². The normalized spacial score (nSPS) is 33.9. The lowest BCUT2D eigenvalue weighted by Gasteiger charge is -2.39. The monoisotopic (exact) mass is 973 g/mol. The Kier molecular flexibility index (Phi) is 22.4. The summed E-state index contributed by atoms with van der Waals surface area (Å²) in [6.07, 6.45) is -23.3. The minimum atomic E-state index is -1.77. The fraction of sp³-hybridized carbons (Fsp3) is 0.842. The van der Waals surface area contributed by atoms with Crippen molar-refractivity contribution in [2.75, 3.05) is 72.4 Å². The highest BCUT2D eigenvalue weighted by atomic mass is 16.7. The van der Waals surface area contributed by atoms with Crippen LogP contribution in [0.1, 0.15) is 32.1 Å². The molecule has 67 heavy (non-hydrogen) atoms. The number of carbonyl (C=O) groups excluding carboxylic acids is 6. The van der Waals surface area contributed by atoms with Gasteiger partial charge in [-0.3, -0.25) is 28.9 Å². The second-order valence-corrected chi connectivity index (χ2v) is 16.2. The van der Waals surface area contributed by atoms with E-state index in [-0.39, 0.29) is 57.2 Å². The quantitative estimate of drug-likeness (QED) is 0.0298. The summed E-state index contributed by atoms with van der Waals surface area (Å²) < 4.78 is 27.0. The van der Waals surface area contributed by atoms with E-state index < -0.39 is 186 Å². The summed E-state index contributed by atoms with van der Waals surface area (Å²) in [5, 5.41) is 128. The van der Waals surface area contributed by atoms with Crippen LogP contribution in [-0.4, -0.2) is 271 Å². The van der Waals surface area contributed by atoms with Crippen molar-refractivity contribution in [3.63, 3.8) is 0 Å². The second-order valence-electron chi connectivity index (χ2n) is 16.2. The lowest BCUT2D eigenvalue weighted by Crippen LogP contribution is -2.59. The van der Waals surface area contributed by atoms with Crippen LogP contribution in [0.4, 0.5) is 0 Å². The molecular formula is C38H63N5O24. The molecule has 0 aromatic rings. The zero-order chi connectivity index (χ0) is 49.5. The van der Waals surface area contributed by atoms with E-state index >= 15 is 0 Å². The molecule has 0 bridgehead atoms. The predicted molar refractivity (Wildman–Crippen MR) is 213 cm³/mol. The number of aliphatic hydroxyl groups is 12. The molecule has 4 aliphatic rings. The van der Waals surface area contributed by atoms with Crippen molar-refractivity contribution in [3.05, 3.63) is 0 Å². The van der Waals surface area contributed by atoms with Gasteiger partial charge in [0.05, 0.1) is 64.4 Å². The molecule has 29 heteroatoms. The highest BCUT2D eigenvalue weighted by molar-refractivity contribution is 6.01. The van der Waals surface area contributed by atoms with Crippen molar-refractivity contribution in [2.24, 2.45) is 5.92 Å². The number of imide groups is 1.